The van der Waals surface area contributed by atoms with Crippen LogP contribution in [0.5, 0.6) is 11.5 Å². The van der Waals surface area contributed by atoms with Crippen molar-refractivity contribution < 1.29 is 10.2 Å². The summed E-state index contributed by atoms with van der Waals surface area (Å²) in [6, 6.07) is 7.62. The molecule has 0 spiro atoms. The second kappa shape index (κ2) is 5.40. The zero-order chi connectivity index (χ0) is 18.0. The van der Waals surface area contributed by atoms with Gasteiger partial charge in [0.1, 0.15) is 23.8 Å². The van der Waals surface area contributed by atoms with Gasteiger partial charge in [-0.2, -0.15) is 0 Å². The number of phenolic OH excluding ortho intramolecular Hbond substituents is 2. The van der Waals surface area contributed by atoms with E-state index in [0.29, 0.717) is 26.9 Å². The molecule has 0 aromatic heterocycles. The summed E-state index contributed by atoms with van der Waals surface area (Å²) < 4.78 is 0. The smallest absolute Gasteiger partial charge is 0.133 e. The van der Waals surface area contributed by atoms with Gasteiger partial charge in [-0.05, 0) is 30.8 Å². The average molecular weight is 348 g/mol. The number of hydrogen-bond donors (Lipinski definition) is 4. The molecule has 26 heavy (non-hydrogen) atoms. The van der Waals surface area contributed by atoms with Crippen molar-refractivity contribution in [2.24, 2.45) is 9.98 Å². The molecule has 2 atom stereocenters. The molecular weight excluding hydrogens is 328 g/mol. The molecule has 3 aromatic carbocycles. The maximum atomic E-state index is 11.0. The third kappa shape index (κ3) is 1.88. The summed E-state index contributed by atoms with van der Waals surface area (Å²) in [6.45, 7) is 5.60. The standard InChI is InChI=1S/C20H20N4O2/c1-3-21-19-9-5-6-10-11(7-9)17(25)12-8-13-15(23-19)16(14(12)18(10)26)24-20(13)22-4-2/h5-8,19-22,25-26H,3-4H2,1-2H3. The molecule has 0 fully saturated rings. The first-order valence-electron chi connectivity index (χ1n) is 9.00. The minimum Gasteiger partial charge on any atom is -0.507 e. The lowest BCUT2D eigenvalue weighted by Gasteiger charge is -2.19. The van der Waals surface area contributed by atoms with Crippen molar-refractivity contribution in [2.75, 3.05) is 13.1 Å². The van der Waals surface area contributed by atoms with Crippen LogP contribution in [0.15, 0.2) is 34.3 Å². The fraction of sp³-hybridized carbons (Fsp3) is 0.300. The molecule has 3 aromatic rings. The van der Waals surface area contributed by atoms with Gasteiger partial charge >= 0.3 is 0 Å². The van der Waals surface area contributed by atoms with Gasteiger partial charge in [0.2, 0.25) is 0 Å². The van der Waals surface area contributed by atoms with Crippen LogP contribution >= 0.6 is 0 Å². The molecule has 6 heteroatoms. The summed E-state index contributed by atoms with van der Waals surface area (Å²) in [5.74, 6) is 0.341. The molecule has 0 saturated heterocycles. The molecular formula is C20H20N4O2. The van der Waals surface area contributed by atoms with E-state index in [1.54, 1.807) is 0 Å². The minimum atomic E-state index is -0.231. The molecule has 0 saturated carbocycles. The lowest BCUT2D eigenvalue weighted by atomic mass is 9.95. The van der Waals surface area contributed by atoms with E-state index in [-0.39, 0.29) is 23.8 Å². The van der Waals surface area contributed by atoms with E-state index in [4.69, 9.17) is 9.98 Å². The Balaban J connectivity index is 2.04. The Morgan fingerprint density at radius 1 is 0.846 bits per heavy atom. The molecule has 6 nitrogen and oxygen atoms in total. The van der Waals surface area contributed by atoms with Crippen LogP contribution in [0.3, 0.4) is 0 Å². The number of hydrogen-bond acceptors (Lipinski definition) is 6. The Morgan fingerprint density at radius 3 is 2.35 bits per heavy atom. The van der Waals surface area contributed by atoms with Crippen LogP contribution in [-0.2, 0) is 0 Å². The Kier molecular flexibility index (Phi) is 3.23. The van der Waals surface area contributed by atoms with Crippen molar-refractivity contribution in [1.82, 2.24) is 10.6 Å². The van der Waals surface area contributed by atoms with Gasteiger partial charge in [-0.25, -0.2) is 0 Å². The predicted molar refractivity (Wildman–Crippen MR) is 99.9 cm³/mol. The molecule has 5 aliphatic rings. The number of phenols is 2. The van der Waals surface area contributed by atoms with E-state index in [1.165, 1.54) is 0 Å². The summed E-state index contributed by atoms with van der Waals surface area (Å²) in [5.41, 5.74) is 1.89. The van der Waals surface area contributed by atoms with Crippen molar-refractivity contribution in [2.45, 2.75) is 26.2 Å². The van der Waals surface area contributed by atoms with E-state index in [0.717, 1.165) is 29.6 Å². The topological polar surface area (TPSA) is 89.2 Å². The van der Waals surface area contributed by atoms with E-state index >= 15 is 0 Å². The second-order valence-corrected chi connectivity index (χ2v) is 6.77. The van der Waals surface area contributed by atoms with Crippen LogP contribution in [0.2, 0.25) is 0 Å². The van der Waals surface area contributed by atoms with Crippen LogP contribution in [0.1, 0.15) is 37.3 Å². The summed E-state index contributed by atoms with van der Waals surface area (Å²) in [4.78, 5) is 9.76. The summed E-state index contributed by atoms with van der Waals surface area (Å²) >= 11 is 0. The normalized spacial score (nSPS) is 19.9. The Morgan fingerprint density at radius 2 is 1.58 bits per heavy atom. The van der Waals surface area contributed by atoms with Crippen LogP contribution < -0.4 is 21.3 Å². The first kappa shape index (κ1) is 15.5. The highest BCUT2D eigenvalue weighted by Gasteiger charge is 2.27. The fourth-order valence-corrected chi connectivity index (χ4v) is 4.10. The summed E-state index contributed by atoms with van der Waals surface area (Å²) in [6.07, 6.45) is -0.444. The van der Waals surface area contributed by atoms with Crippen molar-refractivity contribution >= 4 is 21.5 Å². The number of nitrogens with one attached hydrogen (secondary N) is 2. The SMILES string of the molecule is CCNC1N=c2c3cc4c(O)c5cc1ccc5c(O)c4c2=NC3NCC. The van der Waals surface area contributed by atoms with Gasteiger partial charge in [0.05, 0.1) is 16.1 Å². The van der Waals surface area contributed by atoms with E-state index in [2.05, 4.69) is 10.6 Å². The number of nitrogens with zero attached hydrogens (tertiary/aromatic N) is 2. The molecule has 5 heterocycles. The monoisotopic (exact) mass is 348 g/mol. The molecule has 0 radical (unpaired) electrons. The highest BCUT2D eigenvalue weighted by molar-refractivity contribution is 6.11. The zero-order valence-electron chi connectivity index (χ0n) is 14.7. The molecule has 8 bridgehead atoms. The summed E-state index contributed by atoms with van der Waals surface area (Å²) in [5, 5.41) is 32.6. The Hall–Kier alpha value is -2.70. The number of benzene rings is 3. The van der Waals surface area contributed by atoms with Gasteiger partial charge in [-0.3, -0.25) is 20.6 Å². The molecule has 4 N–H and O–H groups in total. The second-order valence-electron chi connectivity index (χ2n) is 6.77. The summed E-state index contributed by atoms with van der Waals surface area (Å²) in [7, 11) is 0. The third-order valence-electron chi connectivity index (χ3n) is 5.27. The lowest BCUT2D eigenvalue weighted by Crippen LogP contribution is -2.31. The lowest BCUT2D eigenvalue weighted by molar-refractivity contribution is 0.477. The molecule has 0 aliphatic carbocycles. The average Bonchev–Trinajstić information content (AvgIpc) is 2.86. The molecule has 5 aliphatic heterocycles. The highest BCUT2D eigenvalue weighted by Crippen LogP contribution is 2.42. The predicted octanol–water partition coefficient (Wildman–Crippen LogP) is 1.89. The highest BCUT2D eigenvalue weighted by atomic mass is 16.3. The first-order valence-corrected chi connectivity index (χ1v) is 9.00. The zero-order valence-corrected chi connectivity index (χ0v) is 14.7. The van der Waals surface area contributed by atoms with Crippen LogP contribution in [0, 0.1) is 0 Å². The van der Waals surface area contributed by atoms with Crippen molar-refractivity contribution in [3.8, 4) is 11.5 Å². The van der Waals surface area contributed by atoms with Crippen molar-refractivity contribution in [1.29, 1.82) is 0 Å². The van der Waals surface area contributed by atoms with Crippen molar-refractivity contribution in [3.05, 3.63) is 46.1 Å². The number of rotatable bonds is 4. The van der Waals surface area contributed by atoms with E-state index in [9.17, 15) is 10.2 Å². The van der Waals surface area contributed by atoms with Crippen LogP contribution in [0.25, 0.3) is 21.5 Å². The Labute approximate surface area is 149 Å². The van der Waals surface area contributed by atoms with Gasteiger partial charge in [-0.15, -0.1) is 0 Å². The van der Waals surface area contributed by atoms with Crippen molar-refractivity contribution in [3.63, 3.8) is 0 Å². The number of aromatic hydroxyl groups is 2. The fourth-order valence-electron chi connectivity index (χ4n) is 4.10. The maximum absolute atomic E-state index is 11.0. The largest absolute Gasteiger partial charge is 0.507 e. The minimum absolute atomic E-state index is 0.153. The Bertz CT molecular complexity index is 1200. The van der Waals surface area contributed by atoms with Crippen LogP contribution in [0.4, 0.5) is 0 Å². The van der Waals surface area contributed by atoms with Gasteiger partial charge < -0.3 is 10.2 Å². The third-order valence-corrected chi connectivity index (χ3v) is 5.27. The molecule has 132 valence electrons. The van der Waals surface area contributed by atoms with E-state index in [1.807, 2.05) is 38.1 Å². The van der Waals surface area contributed by atoms with Gasteiger partial charge in [0.25, 0.3) is 0 Å². The van der Waals surface area contributed by atoms with Gasteiger partial charge in [-0.1, -0.05) is 26.0 Å². The van der Waals surface area contributed by atoms with Gasteiger partial charge in [0.15, 0.2) is 0 Å². The first-order chi connectivity index (χ1) is 12.6. The van der Waals surface area contributed by atoms with Gasteiger partial charge in [0, 0.05) is 21.7 Å². The molecule has 8 rings (SSSR count). The maximum Gasteiger partial charge on any atom is 0.133 e. The molecule has 2 unspecified atom stereocenters. The van der Waals surface area contributed by atoms with E-state index < -0.39 is 0 Å². The number of fused-ring (bicyclic) bond motifs is 1. The molecule has 0 amide bonds. The quantitative estimate of drug-likeness (QED) is 0.428. The van der Waals surface area contributed by atoms with Crippen LogP contribution in [-0.4, -0.2) is 23.3 Å².